The van der Waals surface area contributed by atoms with Gasteiger partial charge in [-0.2, -0.15) is 13.2 Å². The summed E-state index contributed by atoms with van der Waals surface area (Å²) in [6.07, 6.45) is -3.97. The van der Waals surface area contributed by atoms with E-state index in [1.807, 2.05) is 42.5 Å². The van der Waals surface area contributed by atoms with Crippen molar-refractivity contribution >= 4 is 55.9 Å². The van der Waals surface area contributed by atoms with E-state index in [4.69, 9.17) is 37.5 Å². The van der Waals surface area contributed by atoms with Crippen molar-refractivity contribution < 1.29 is 45.8 Å². The number of carboxylic acids is 1. The molecule has 238 valence electrons. The van der Waals surface area contributed by atoms with Crippen LogP contribution in [0.3, 0.4) is 0 Å². The van der Waals surface area contributed by atoms with E-state index < -0.39 is 22.2 Å². The first-order valence-corrected chi connectivity index (χ1v) is 15.0. The van der Waals surface area contributed by atoms with Gasteiger partial charge in [-0.3, -0.25) is 4.79 Å². The van der Waals surface area contributed by atoms with Crippen LogP contribution in [0.15, 0.2) is 65.1 Å². The van der Waals surface area contributed by atoms with Crippen molar-refractivity contribution in [2.24, 2.45) is 0 Å². The Balaban J connectivity index is 0.000000756. The molecule has 0 aliphatic rings. The van der Waals surface area contributed by atoms with Gasteiger partial charge in [-0.25, -0.2) is 17.9 Å². The number of ketones is 1. The molecule has 1 aromatic heterocycles. The number of nitrogens with one attached hydrogen (secondary N) is 2. The van der Waals surface area contributed by atoms with E-state index >= 15 is 0 Å². The maximum atomic E-state index is 13.4. The molecule has 9 nitrogen and oxygen atoms in total. The number of aliphatic carboxylic acids is 1. The van der Waals surface area contributed by atoms with E-state index in [9.17, 15) is 31.5 Å². The lowest BCUT2D eigenvalue weighted by Gasteiger charge is -2.07. The first kappa shape index (κ1) is 36.7. The zero-order valence-corrected chi connectivity index (χ0v) is 24.7. The van der Waals surface area contributed by atoms with Crippen molar-refractivity contribution in [2.75, 3.05) is 19.4 Å². The van der Waals surface area contributed by atoms with E-state index in [-0.39, 0.29) is 42.7 Å². The van der Waals surface area contributed by atoms with Crippen LogP contribution in [0.4, 0.5) is 13.2 Å². The number of rotatable bonds is 10. The fraction of sp³-hybridized carbons (Fsp3) is 0.241. The second-order valence-corrected chi connectivity index (χ2v) is 11.7. The number of aliphatic hydroxyl groups is 1. The van der Waals surface area contributed by atoms with Gasteiger partial charge in [0.15, 0.2) is 5.76 Å². The third-order valence-corrected chi connectivity index (χ3v) is 7.02. The number of carbonyl (C=O) groups is 2. The molecule has 4 rings (SSSR count). The minimum Gasteiger partial charge on any atom is -0.475 e. The number of aliphatic hydroxyl groups excluding tert-OH is 1. The molecule has 0 radical (unpaired) electrons. The molecule has 0 saturated carbocycles. The Morgan fingerprint density at radius 3 is 2.23 bits per heavy atom. The van der Waals surface area contributed by atoms with Crippen molar-refractivity contribution in [3.05, 3.63) is 93.2 Å². The summed E-state index contributed by atoms with van der Waals surface area (Å²) >= 11 is 12.3. The van der Waals surface area contributed by atoms with Gasteiger partial charge in [-0.05, 0) is 47.0 Å². The summed E-state index contributed by atoms with van der Waals surface area (Å²) in [5.74, 6) is -2.97. The van der Waals surface area contributed by atoms with Gasteiger partial charge in [0, 0.05) is 41.2 Å². The average molecular weight is 678 g/mol. The van der Waals surface area contributed by atoms with Crippen LogP contribution in [0, 0.1) is 0 Å². The number of carbonyl (C=O) groups excluding carboxylic acids is 1. The molecule has 15 heteroatoms. The molecule has 0 amide bonds. The molecule has 0 aliphatic carbocycles. The Bertz CT molecular complexity index is 1740. The highest BCUT2D eigenvalue weighted by molar-refractivity contribution is 7.88. The standard InChI is InChI=1S/C26H24Cl2N2O5S.C2HF3O2.CH4/c1-36(33,34)30-14-16-3-2-4-17(11-16)18-5-7-20-22(15-29-9-10-31)26(35-24(20)12-18)25(32)21-8-6-19(27)13-23(21)28;3-2(4,5)1(6)7;/h2-8,11-13,29-31H,9-10,14-15H2,1H3;(H,6,7);1H4. The summed E-state index contributed by atoms with van der Waals surface area (Å²) in [7, 11) is -3.31. The second kappa shape index (κ2) is 15.5. The van der Waals surface area contributed by atoms with Crippen LogP contribution < -0.4 is 10.0 Å². The number of furan rings is 1. The zero-order chi connectivity index (χ0) is 31.9. The first-order valence-electron chi connectivity index (χ1n) is 12.3. The van der Waals surface area contributed by atoms with Gasteiger partial charge in [0.1, 0.15) is 5.58 Å². The summed E-state index contributed by atoms with van der Waals surface area (Å²) in [5, 5.41) is 20.8. The van der Waals surface area contributed by atoms with E-state index in [1.165, 1.54) is 6.07 Å². The molecule has 4 N–H and O–H groups in total. The molecule has 0 fully saturated rings. The highest BCUT2D eigenvalue weighted by Crippen LogP contribution is 2.33. The fourth-order valence-electron chi connectivity index (χ4n) is 3.85. The summed E-state index contributed by atoms with van der Waals surface area (Å²) in [6, 6.07) is 17.8. The van der Waals surface area contributed by atoms with Crippen molar-refractivity contribution in [2.45, 2.75) is 26.7 Å². The molecule has 0 unspecified atom stereocenters. The van der Waals surface area contributed by atoms with E-state index in [1.54, 1.807) is 12.1 Å². The van der Waals surface area contributed by atoms with Crippen molar-refractivity contribution in [1.29, 1.82) is 0 Å². The third kappa shape index (κ3) is 10.0. The van der Waals surface area contributed by atoms with Crippen LogP contribution in [0.25, 0.3) is 22.1 Å². The van der Waals surface area contributed by atoms with Gasteiger partial charge in [0.2, 0.25) is 15.8 Å². The van der Waals surface area contributed by atoms with Crippen LogP contribution in [0.1, 0.15) is 34.7 Å². The number of benzene rings is 3. The highest BCUT2D eigenvalue weighted by Gasteiger charge is 2.38. The van der Waals surface area contributed by atoms with Crippen LogP contribution in [0.2, 0.25) is 10.0 Å². The summed E-state index contributed by atoms with van der Waals surface area (Å²) in [5.41, 5.74) is 3.97. The molecule has 0 spiro atoms. The normalized spacial score (nSPS) is 11.4. The van der Waals surface area contributed by atoms with Crippen LogP contribution in [0.5, 0.6) is 0 Å². The lowest BCUT2D eigenvalue weighted by Crippen LogP contribution is -2.21. The lowest BCUT2D eigenvalue weighted by molar-refractivity contribution is -0.192. The molecular weight excluding hydrogens is 648 g/mol. The first-order chi connectivity index (χ1) is 20.1. The predicted molar refractivity (Wildman–Crippen MR) is 162 cm³/mol. The number of carboxylic acid groups (broad SMARTS) is 1. The van der Waals surface area contributed by atoms with Gasteiger partial charge in [-0.1, -0.05) is 61.0 Å². The molecule has 4 aromatic rings. The highest BCUT2D eigenvalue weighted by atomic mass is 35.5. The largest absolute Gasteiger partial charge is 0.490 e. The van der Waals surface area contributed by atoms with Crippen LogP contribution in [-0.2, 0) is 27.9 Å². The third-order valence-electron chi connectivity index (χ3n) is 5.81. The second-order valence-electron chi connectivity index (χ2n) is 9.07. The molecule has 0 atom stereocenters. The molecule has 3 aromatic carbocycles. The quantitative estimate of drug-likeness (QED) is 0.118. The molecule has 0 bridgehead atoms. The number of halogens is 5. The summed E-state index contributed by atoms with van der Waals surface area (Å²) in [6.45, 7) is 0.799. The molecule has 44 heavy (non-hydrogen) atoms. The van der Waals surface area contributed by atoms with Gasteiger partial charge < -0.3 is 19.9 Å². The Morgan fingerprint density at radius 1 is 0.977 bits per heavy atom. The van der Waals surface area contributed by atoms with Gasteiger partial charge in [0.25, 0.3) is 0 Å². The fourth-order valence-corrected chi connectivity index (χ4v) is 4.78. The minimum absolute atomic E-state index is 0. The van der Waals surface area contributed by atoms with Crippen molar-refractivity contribution in [3.8, 4) is 11.1 Å². The Morgan fingerprint density at radius 2 is 1.64 bits per heavy atom. The number of sulfonamides is 1. The van der Waals surface area contributed by atoms with Crippen LogP contribution in [-0.4, -0.2) is 56.0 Å². The lowest BCUT2D eigenvalue weighted by atomic mass is 10.00. The predicted octanol–water partition coefficient (Wildman–Crippen LogP) is 6.04. The number of hydrogen-bond acceptors (Lipinski definition) is 7. The molecule has 0 aliphatic heterocycles. The summed E-state index contributed by atoms with van der Waals surface area (Å²) in [4.78, 5) is 22.3. The summed E-state index contributed by atoms with van der Waals surface area (Å²) < 4.78 is 63.2. The smallest absolute Gasteiger partial charge is 0.475 e. The molecule has 1 heterocycles. The van der Waals surface area contributed by atoms with Crippen molar-refractivity contribution in [3.63, 3.8) is 0 Å². The van der Waals surface area contributed by atoms with Crippen molar-refractivity contribution in [1.82, 2.24) is 10.0 Å². The van der Waals surface area contributed by atoms with Gasteiger partial charge >= 0.3 is 12.1 Å². The maximum Gasteiger partial charge on any atom is 0.490 e. The number of fused-ring (bicyclic) bond motifs is 1. The average Bonchev–Trinajstić information content (AvgIpc) is 3.29. The maximum absolute atomic E-state index is 13.4. The van der Waals surface area contributed by atoms with Gasteiger partial charge in [0.05, 0.1) is 17.9 Å². The minimum atomic E-state index is -5.08. The topological polar surface area (TPSA) is 146 Å². The van der Waals surface area contributed by atoms with Crippen LogP contribution >= 0.6 is 23.2 Å². The number of hydrogen-bond donors (Lipinski definition) is 4. The molecule has 0 saturated heterocycles. The zero-order valence-electron chi connectivity index (χ0n) is 22.3. The SMILES string of the molecule is C.CS(=O)(=O)NCc1cccc(-c2ccc3c(CNCCO)c(C(=O)c4ccc(Cl)cc4Cl)oc3c2)c1.O=C(O)C(F)(F)F. The van der Waals surface area contributed by atoms with E-state index in [0.29, 0.717) is 29.3 Å². The number of alkyl halides is 3. The van der Waals surface area contributed by atoms with E-state index in [2.05, 4.69) is 10.0 Å². The van der Waals surface area contributed by atoms with Gasteiger partial charge in [-0.15, -0.1) is 0 Å². The molecular formula is C29H29Cl2F3N2O7S. The Labute approximate surface area is 261 Å². The Kier molecular flexibility index (Phi) is 12.9. The monoisotopic (exact) mass is 676 g/mol. The van der Waals surface area contributed by atoms with E-state index in [0.717, 1.165) is 28.3 Å². The Hall–Kier alpha value is -3.46.